The van der Waals surface area contributed by atoms with Crippen LogP contribution in [0.4, 0.5) is 22.0 Å². The normalized spacial score (nSPS) is 19.1. The van der Waals surface area contributed by atoms with E-state index in [1.54, 1.807) is 0 Å². The van der Waals surface area contributed by atoms with Crippen LogP contribution in [0.15, 0.2) is 34.7 Å². The van der Waals surface area contributed by atoms with Gasteiger partial charge in [0, 0.05) is 11.3 Å². The molecule has 11 heteroatoms. The van der Waals surface area contributed by atoms with E-state index in [-0.39, 0.29) is 5.70 Å². The van der Waals surface area contributed by atoms with E-state index < -0.39 is 76.2 Å². The molecule has 0 bridgehead atoms. The third-order valence-electron chi connectivity index (χ3n) is 5.86. The second-order valence-electron chi connectivity index (χ2n) is 7.92. The number of nitriles is 1. The highest BCUT2D eigenvalue weighted by atomic mass is 19.4. The van der Waals surface area contributed by atoms with E-state index in [0.717, 1.165) is 20.0 Å². The highest BCUT2D eigenvalue weighted by Gasteiger charge is 2.47. The van der Waals surface area contributed by atoms with Crippen molar-refractivity contribution in [2.75, 3.05) is 13.8 Å². The number of allylic oxidation sites excluding steroid dienone is 2. The van der Waals surface area contributed by atoms with Crippen molar-refractivity contribution in [2.45, 2.75) is 50.8 Å². The van der Waals surface area contributed by atoms with E-state index in [1.165, 1.54) is 13.0 Å². The molecule has 0 saturated heterocycles. The fourth-order valence-electron chi connectivity index (χ4n) is 4.41. The van der Waals surface area contributed by atoms with Crippen LogP contribution in [0.25, 0.3) is 0 Å². The Hall–Kier alpha value is -3.42. The number of hydrogen-bond acceptors (Lipinski definition) is 6. The first kappa shape index (κ1) is 25.2. The van der Waals surface area contributed by atoms with Crippen molar-refractivity contribution in [3.63, 3.8) is 0 Å². The molecule has 0 spiro atoms. The number of carbonyl (C=O) groups is 2. The first-order valence-electron chi connectivity index (χ1n) is 10.4. The molecule has 1 aromatic carbocycles. The van der Waals surface area contributed by atoms with Crippen LogP contribution in [0, 0.1) is 17.1 Å². The maximum absolute atomic E-state index is 15.1. The average Bonchev–Trinajstić information content (AvgIpc) is 3.29. The van der Waals surface area contributed by atoms with Crippen LogP contribution in [0.5, 0.6) is 0 Å². The molecule has 3 rings (SSSR count). The number of methoxy groups -OCH3 is 1. The molecule has 0 amide bonds. The number of carbonyl (C=O) groups excluding carboxylic acids is 2. The Balaban J connectivity index is 2.34. The lowest BCUT2D eigenvalue weighted by Crippen LogP contribution is -2.36. The second-order valence-corrected chi connectivity index (χ2v) is 7.92. The smallest absolute Gasteiger partial charge is 0.418 e. The first-order chi connectivity index (χ1) is 16.0. The number of dihydropyridines is 1. The zero-order chi connectivity index (χ0) is 25.2. The standard InChI is InChI=1S/C23H21F5N2O4/c1-11-16(22(32)34-13-5-3-4-6-13)19(18(21(31)33-2)15(9-24)30-11)17-14(25)8-7-12(10-29)20(17)23(26,27)28/h7-8,13,19,30H,3-6,9H2,1-2H3. The molecule has 1 N–H and O–H groups in total. The van der Waals surface area contributed by atoms with Gasteiger partial charge in [0.1, 0.15) is 18.6 Å². The zero-order valence-electron chi connectivity index (χ0n) is 18.3. The molecule has 6 nitrogen and oxygen atoms in total. The SMILES string of the molecule is COC(=O)C1=C(CF)NC(C)=C(C(=O)OC2CCCC2)C1c1c(F)ccc(C#N)c1C(F)(F)F. The molecular weight excluding hydrogens is 463 g/mol. The van der Waals surface area contributed by atoms with E-state index in [0.29, 0.717) is 25.0 Å². The van der Waals surface area contributed by atoms with Gasteiger partial charge in [0.25, 0.3) is 0 Å². The van der Waals surface area contributed by atoms with Crippen LogP contribution in [0.2, 0.25) is 0 Å². The molecule has 1 fully saturated rings. The average molecular weight is 484 g/mol. The number of nitrogens with zero attached hydrogens (tertiary/aromatic N) is 1. The predicted octanol–water partition coefficient (Wildman–Crippen LogP) is 4.56. The summed E-state index contributed by atoms with van der Waals surface area (Å²) in [7, 11) is 0.913. The van der Waals surface area contributed by atoms with Crippen molar-refractivity contribution in [1.82, 2.24) is 5.32 Å². The highest BCUT2D eigenvalue weighted by molar-refractivity contribution is 6.00. The molecule has 1 unspecified atom stereocenters. The van der Waals surface area contributed by atoms with Gasteiger partial charge < -0.3 is 14.8 Å². The van der Waals surface area contributed by atoms with Crippen molar-refractivity contribution in [2.24, 2.45) is 0 Å². The number of ether oxygens (including phenoxy) is 2. The Morgan fingerprint density at radius 3 is 2.35 bits per heavy atom. The van der Waals surface area contributed by atoms with Gasteiger partial charge in [-0.1, -0.05) is 0 Å². The van der Waals surface area contributed by atoms with Crippen molar-refractivity contribution >= 4 is 11.9 Å². The maximum Gasteiger partial charge on any atom is 0.418 e. The molecular formula is C23H21F5N2O4. The molecule has 1 aliphatic carbocycles. The summed E-state index contributed by atoms with van der Waals surface area (Å²) in [6.07, 6.45) is -3.09. The molecule has 1 heterocycles. The number of alkyl halides is 4. The predicted molar refractivity (Wildman–Crippen MR) is 108 cm³/mol. The van der Waals surface area contributed by atoms with Crippen LogP contribution in [-0.4, -0.2) is 31.8 Å². The summed E-state index contributed by atoms with van der Waals surface area (Å²) < 4.78 is 81.4. The minimum atomic E-state index is -5.24. The van der Waals surface area contributed by atoms with Gasteiger partial charge in [-0.25, -0.2) is 18.4 Å². The Labute approximate surface area is 192 Å². The van der Waals surface area contributed by atoms with Crippen molar-refractivity contribution < 1.29 is 41.0 Å². The molecule has 1 saturated carbocycles. The van der Waals surface area contributed by atoms with Crippen LogP contribution >= 0.6 is 0 Å². The molecule has 182 valence electrons. The van der Waals surface area contributed by atoms with Gasteiger partial charge in [-0.15, -0.1) is 0 Å². The quantitative estimate of drug-likeness (QED) is 0.487. The van der Waals surface area contributed by atoms with E-state index in [9.17, 15) is 32.4 Å². The summed E-state index contributed by atoms with van der Waals surface area (Å²) in [4.78, 5) is 25.8. The van der Waals surface area contributed by atoms with Gasteiger partial charge in [0.05, 0.1) is 47.1 Å². The maximum atomic E-state index is 15.1. The largest absolute Gasteiger partial charge is 0.466 e. The summed E-state index contributed by atoms with van der Waals surface area (Å²) >= 11 is 0. The van der Waals surface area contributed by atoms with Crippen LogP contribution in [0.1, 0.15) is 55.2 Å². The van der Waals surface area contributed by atoms with E-state index in [2.05, 4.69) is 10.1 Å². The van der Waals surface area contributed by atoms with Gasteiger partial charge in [0.2, 0.25) is 0 Å². The van der Waals surface area contributed by atoms with Crippen LogP contribution < -0.4 is 5.32 Å². The van der Waals surface area contributed by atoms with Gasteiger partial charge in [-0.3, -0.25) is 0 Å². The lowest BCUT2D eigenvalue weighted by Gasteiger charge is -2.32. The third-order valence-corrected chi connectivity index (χ3v) is 5.86. The van der Waals surface area contributed by atoms with Crippen molar-refractivity contribution in [1.29, 1.82) is 5.26 Å². The molecule has 0 radical (unpaired) electrons. The molecule has 1 atom stereocenters. The molecule has 1 aromatic rings. The van der Waals surface area contributed by atoms with Crippen molar-refractivity contribution in [3.05, 3.63) is 57.2 Å². The minimum absolute atomic E-state index is 0.108. The topological polar surface area (TPSA) is 88.4 Å². The number of benzene rings is 1. The summed E-state index contributed by atoms with van der Waals surface area (Å²) in [6.45, 7) is -0.0641. The van der Waals surface area contributed by atoms with Gasteiger partial charge in [-0.05, 0) is 44.7 Å². The summed E-state index contributed by atoms with van der Waals surface area (Å²) in [6, 6.07) is 2.64. The van der Waals surface area contributed by atoms with Crippen molar-refractivity contribution in [3.8, 4) is 6.07 Å². The van der Waals surface area contributed by atoms with E-state index >= 15 is 4.39 Å². The Kier molecular flexibility index (Phi) is 7.29. The van der Waals surface area contributed by atoms with E-state index in [4.69, 9.17) is 4.74 Å². The van der Waals surface area contributed by atoms with Crippen LogP contribution in [0.3, 0.4) is 0 Å². The molecule has 34 heavy (non-hydrogen) atoms. The Morgan fingerprint density at radius 1 is 1.18 bits per heavy atom. The molecule has 1 aliphatic heterocycles. The molecule has 0 aromatic heterocycles. The lowest BCUT2D eigenvalue weighted by molar-refractivity contribution is -0.145. The Morgan fingerprint density at radius 2 is 1.82 bits per heavy atom. The fraction of sp³-hybridized carbons (Fsp3) is 0.435. The molecule has 2 aliphatic rings. The van der Waals surface area contributed by atoms with Gasteiger partial charge in [-0.2, -0.15) is 18.4 Å². The summed E-state index contributed by atoms with van der Waals surface area (Å²) in [5.41, 5.74) is -5.55. The summed E-state index contributed by atoms with van der Waals surface area (Å²) in [5, 5.41) is 11.8. The number of esters is 2. The number of rotatable bonds is 5. The lowest BCUT2D eigenvalue weighted by atomic mass is 9.77. The van der Waals surface area contributed by atoms with Gasteiger partial charge >= 0.3 is 18.1 Å². The van der Waals surface area contributed by atoms with Crippen LogP contribution in [-0.2, 0) is 25.2 Å². The first-order valence-corrected chi connectivity index (χ1v) is 10.4. The van der Waals surface area contributed by atoms with Gasteiger partial charge in [0.15, 0.2) is 0 Å². The second kappa shape index (κ2) is 9.83. The number of hydrogen-bond donors (Lipinski definition) is 1. The zero-order valence-corrected chi connectivity index (χ0v) is 18.3. The number of nitrogens with one attached hydrogen (secondary N) is 1. The minimum Gasteiger partial charge on any atom is -0.466 e. The van der Waals surface area contributed by atoms with E-state index in [1.807, 2.05) is 0 Å². The Bertz CT molecular complexity index is 1110. The fourth-order valence-corrected chi connectivity index (χ4v) is 4.41. The highest BCUT2D eigenvalue weighted by Crippen LogP contribution is 2.47. The monoisotopic (exact) mass is 484 g/mol. The number of halogens is 5. The summed E-state index contributed by atoms with van der Waals surface area (Å²) in [5.74, 6) is -5.80. The third kappa shape index (κ3) is 4.62.